The van der Waals surface area contributed by atoms with Crippen molar-refractivity contribution in [2.24, 2.45) is 0 Å². The minimum atomic E-state index is -3.37. The molecule has 0 aromatic rings. The van der Waals surface area contributed by atoms with Crippen LogP contribution in [-0.4, -0.2) is 584 Å². The quantitative estimate of drug-likeness (QED) is 0.0272. The van der Waals surface area contributed by atoms with Gasteiger partial charge in [-0.1, -0.05) is 0 Å². The van der Waals surface area contributed by atoms with Crippen molar-refractivity contribution in [3.63, 3.8) is 0 Å². The lowest BCUT2D eigenvalue weighted by atomic mass is 9.88. The van der Waals surface area contributed by atoms with Gasteiger partial charge < -0.3 is 275 Å². The Kier molecular flexibility index (Phi) is 40.6. The van der Waals surface area contributed by atoms with Crippen molar-refractivity contribution in [2.45, 2.75) is 365 Å². The molecule has 36 N–H and O–H groups in total. The zero-order valence-electron chi connectivity index (χ0n) is 73.8. The Labute approximate surface area is 779 Å². The number of amides is 5. The number of hydrogen-bond donors (Lipinski definition) is 36. The summed E-state index contributed by atoms with van der Waals surface area (Å²) < 4.78 is 113. The van der Waals surface area contributed by atoms with E-state index < -0.39 is 438 Å². The van der Waals surface area contributed by atoms with Crippen LogP contribution in [0.4, 0.5) is 0 Å². The second kappa shape index (κ2) is 49.0. The summed E-state index contributed by atoms with van der Waals surface area (Å²) in [5.41, 5.74) is 0. The van der Waals surface area contributed by atoms with Gasteiger partial charge in [-0.15, -0.1) is 0 Å². The van der Waals surface area contributed by atoms with Gasteiger partial charge in [-0.25, -0.2) is 9.59 Å². The van der Waals surface area contributed by atoms with Crippen molar-refractivity contribution in [1.82, 2.24) is 26.6 Å². The Morgan fingerprint density at radius 3 is 0.935 bits per heavy atom. The molecule has 0 saturated carbocycles. The van der Waals surface area contributed by atoms with E-state index in [2.05, 4.69) is 26.6 Å². The second-order valence-electron chi connectivity index (χ2n) is 34.6. The van der Waals surface area contributed by atoms with Crippen LogP contribution in [0.15, 0.2) is 0 Å². The van der Waals surface area contributed by atoms with Gasteiger partial charge in [0.25, 0.3) is 11.6 Å². The molecule has 52 atom stereocenters. The summed E-state index contributed by atoms with van der Waals surface area (Å²) in [6.07, 6.45) is -107. The Hall–Kier alpha value is -5.63. The largest absolute Gasteiger partial charge is 0.477 e. The maximum Gasteiger partial charge on any atom is 0.364 e. The maximum absolute atomic E-state index is 13.4. The van der Waals surface area contributed by atoms with E-state index in [4.69, 9.17) is 90.0 Å². The predicted octanol–water partition coefficient (Wildman–Crippen LogP) is -23.7. The van der Waals surface area contributed by atoms with E-state index in [1.807, 2.05) is 0 Å². The summed E-state index contributed by atoms with van der Waals surface area (Å²) in [6.45, 7) is -8.13. The summed E-state index contributed by atoms with van der Waals surface area (Å²) in [5, 5.41) is 360. The van der Waals surface area contributed by atoms with Crippen molar-refractivity contribution < 1.29 is 282 Å². The predicted molar refractivity (Wildman–Crippen MR) is 422 cm³/mol. The maximum atomic E-state index is 13.4. The molecule has 62 heteroatoms. The van der Waals surface area contributed by atoms with Crippen molar-refractivity contribution in [2.75, 3.05) is 66.1 Å². The summed E-state index contributed by atoms with van der Waals surface area (Å²) in [4.78, 5) is 90.7. The van der Waals surface area contributed by atoms with Gasteiger partial charge in [0, 0.05) is 47.5 Å². The highest BCUT2D eigenvalue weighted by molar-refractivity contribution is 5.78. The molecular weight excluding hydrogens is 1890 g/mol. The highest BCUT2D eigenvalue weighted by atomic mass is 16.8. The number of aliphatic hydroxyl groups is 29. The molecular formula is C76H125N5O57. The van der Waals surface area contributed by atoms with Crippen LogP contribution in [-0.2, 0) is 124 Å². The second-order valence-corrected chi connectivity index (χ2v) is 34.6. The zero-order chi connectivity index (χ0) is 102. The van der Waals surface area contributed by atoms with Crippen LogP contribution in [0, 0.1) is 0 Å². The molecule has 10 heterocycles. The van der Waals surface area contributed by atoms with Crippen molar-refractivity contribution >= 4 is 41.5 Å². The molecule has 0 spiro atoms. The minimum absolute atomic E-state index is 0.830. The monoisotopic (exact) mass is 2020 g/mol. The molecule has 10 aliphatic rings. The minimum Gasteiger partial charge on any atom is -0.477 e. The Balaban J connectivity index is 0.968. The Morgan fingerprint density at radius 1 is 0.297 bits per heavy atom. The first-order valence-electron chi connectivity index (χ1n) is 43.4. The third-order valence-electron chi connectivity index (χ3n) is 24.8. The first-order valence-corrected chi connectivity index (χ1v) is 43.4. The molecule has 10 saturated heterocycles. The highest BCUT2D eigenvalue weighted by Gasteiger charge is 2.66. The van der Waals surface area contributed by atoms with Crippen LogP contribution in [0.5, 0.6) is 0 Å². The Morgan fingerprint density at radius 2 is 0.580 bits per heavy atom. The average Bonchev–Trinajstić information content (AvgIpc) is 0.753. The molecule has 0 aromatic carbocycles. The zero-order valence-corrected chi connectivity index (χ0v) is 73.8. The first-order chi connectivity index (χ1) is 65.0. The van der Waals surface area contributed by atoms with Crippen LogP contribution in [0.25, 0.3) is 0 Å². The number of aliphatic carboxylic acids is 2. The molecule has 138 heavy (non-hydrogen) atoms. The number of carbonyl (C=O) groups is 7. The lowest BCUT2D eigenvalue weighted by molar-refractivity contribution is -0.400. The number of rotatable bonds is 39. The molecule has 796 valence electrons. The van der Waals surface area contributed by atoms with Crippen LogP contribution < -0.4 is 26.6 Å². The SMILES string of the molecule is CC(=O)N[C@H]1[C@H](O[C@@H]2[C@@H](OC[C@H]3O[C@@H](O[C@H]4[C@H](O)[C@@H](NC(C)=O)C(O)O[C@@H]4CO)[C@@H](O)[C@@H](O[C@H]4O[C@H](CO)[C@@H](O)[C@H](O)[C@@H]4O[C@@H]4O[C@H](CO)[C@@H](O)[C@H](O[C@@H]5O[C@H](CO)[C@H](O)[C@H](O[C@]6(C(=O)O)C[C@H](O)[C@@H](NC(C)=O)[C@H]([C@H](O)[C@H](O)CO)O6)[C@H]5O)[C@H]4NC(C)=O)[C@@H]3O)O[C@H](CO)[C@@H](O)[C@@H]2O)O[C@H](CO)[C@@H](O)[C@@H]1O[C@@H]1O[C@H](CO)[C@H](O)[C@H](O[C@]2(C(=O)O)C[C@H](O)[C@@H](NC(C)=O)[C@H]([C@H](O)[C@H](O)CO)O2)[C@H]1O. The molecule has 10 fully saturated rings. The topological polar surface area (TPSA) is 982 Å². The molecule has 10 rings (SSSR count). The van der Waals surface area contributed by atoms with Crippen molar-refractivity contribution in [3.8, 4) is 0 Å². The summed E-state index contributed by atoms with van der Waals surface area (Å²) in [7, 11) is 0. The molecule has 5 amide bonds. The fourth-order valence-corrected chi connectivity index (χ4v) is 17.7. The fraction of sp³-hybridized carbons (Fsp3) is 0.908. The van der Waals surface area contributed by atoms with Crippen LogP contribution in [0.3, 0.4) is 0 Å². The summed E-state index contributed by atoms with van der Waals surface area (Å²) in [5.74, 6) is -16.1. The van der Waals surface area contributed by atoms with Gasteiger partial charge in [0.1, 0.15) is 232 Å². The number of carbonyl (C=O) groups excluding carboxylic acids is 5. The standard InChI is InChI=1S/C76H125N5O57/c1-18(91)77-35-23(96)6-75(73(116)117,135-58(35)40(100)25(98)8-82)137-61-46(106)31(14-88)124-69(53(61)113)130-56-38(80-21(4)94)66(122-29(12-86)44(56)104)133-63-50(110)42(102)27(10-84)126-71(63)120-17-34-48(108)60(52(112)68(128-34)129-55-33(16-90)121-65(115)37(49(55)109)79-20(3)93)132-72-64(51(111)43(103)28(11-85)127-72)134-67-39(81-22(5)95)57(45(105)30(13-87)123-67)131-70-54(114)62(47(107)32(15-89)125-70)138-76(74(118)119)7-24(97)36(78-19(2)92)59(136-76)41(101)26(99)9-83/h23-72,82-90,96-115H,6-17H2,1-5H3,(H,77,91)(H,78,92)(H,79,93)(H,80,94)(H,81,95)(H,116,117)(H,118,119)/t23-,24-,25+,26+,27+,28+,29+,30+,31+,32+,33+,34+,35+,36+,37+,38+,39+,40+,41+,42+,43+,44+,45+,46-,47-,48+,49+,50-,51-,52-,53+,54+,55+,56+,57+,58+,59+,60-,61-,62-,63-,64-,65?,66-,67-,68-,69-,70-,71-,72+,75-,76-/m0/s1. The number of aliphatic hydroxyl groups excluding tert-OH is 29. The van der Waals surface area contributed by atoms with E-state index in [-0.39, 0.29) is 0 Å². The molecule has 62 nitrogen and oxygen atoms in total. The van der Waals surface area contributed by atoms with E-state index in [1.165, 1.54) is 0 Å². The van der Waals surface area contributed by atoms with Crippen molar-refractivity contribution in [1.29, 1.82) is 0 Å². The smallest absolute Gasteiger partial charge is 0.364 e. The number of nitrogens with one attached hydrogen (secondary N) is 5. The van der Waals surface area contributed by atoms with E-state index in [1.54, 1.807) is 0 Å². The fourth-order valence-electron chi connectivity index (χ4n) is 17.7. The van der Waals surface area contributed by atoms with Gasteiger partial charge in [-0.05, 0) is 0 Å². The number of hydrogen-bond acceptors (Lipinski definition) is 55. The molecule has 0 aromatic heterocycles. The van der Waals surface area contributed by atoms with E-state index in [0.717, 1.165) is 34.6 Å². The van der Waals surface area contributed by atoms with Crippen molar-refractivity contribution in [3.05, 3.63) is 0 Å². The van der Waals surface area contributed by atoms with Gasteiger partial charge in [-0.3, -0.25) is 24.0 Å². The van der Waals surface area contributed by atoms with E-state index >= 15 is 0 Å². The Bertz CT molecular complexity index is 3930. The van der Waals surface area contributed by atoms with E-state index in [9.17, 15) is 192 Å². The lowest BCUT2D eigenvalue weighted by Gasteiger charge is -2.52. The average molecular weight is 2020 g/mol. The molecule has 0 aliphatic carbocycles. The molecule has 1 unspecified atom stereocenters. The van der Waals surface area contributed by atoms with Gasteiger partial charge in [-0.2, -0.15) is 0 Å². The normalized spacial score (nSPS) is 46.2. The molecule has 10 aliphatic heterocycles. The lowest BCUT2D eigenvalue weighted by Crippen LogP contribution is -2.71. The first kappa shape index (κ1) is 114. The third-order valence-corrected chi connectivity index (χ3v) is 24.8. The molecule has 0 radical (unpaired) electrons. The molecule has 0 bridgehead atoms. The van der Waals surface area contributed by atoms with Crippen LogP contribution in [0.1, 0.15) is 47.5 Å². The highest BCUT2D eigenvalue weighted by Crippen LogP contribution is 2.44. The van der Waals surface area contributed by atoms with Gasteiger partial charge >= 0.3 is 11.9 Å². The number of carboxylic acids is 2. The summed E-state index contributed by atoms with van der Waals surface area (Å²) in [6, 6.07) is -9.77. The number of ether oxygens (including phenoxy) is 19. The van der Waals surface area contributed by atoms with Gasteiger partial charge in [0.15, 0.2) is 50.3 Å². The third kappa shape index (κ3) is 25.0. The van der Waals surface area contributed by atoms with Crippen LogP contribution in [0.2, 0.25) is 0 Å². The van der Waals surface area contributed by atoms with Crippen LogP contribution >= 0.6 is 0 Å². The van der Waals surface area contributed by atoms with E-state index in [0.29, 0.717) is 0 Å². The van der Waals surface area contributed by atoms with Gasteiger partial charge in [0.2, 0.25) is 29.5 Å². The van der Waals surface area contributed by atoms with Gasteiger partial charge in [0.05, 0.1) is 90.4 Å². The number of carboxylic acid groups (broad SMARTS) is 2. The summed E-state index contributed by atoms with van der Waals surface area (Å²) >= 11 is 0.